The molecular weight excluding hydrogens is 236 g/mol. The molecule has 2 atom stereocenters. The van der Waals surface area contributed by atoms with Crippen molar-refractivity contribution in [3.05, 3.63) is 0 Å². The van der Waals surface area contributed by atoms with Crippen LogP contribution in [0.3, 0.4) is 0 Å². The van der Waals surface area contributed by atoms with Gasteiger partial charge in [-0.15, -0.1) is 0 Å². The maximum atomic E-state index is 11.9. The standard InChI is InChI=1S/C12H22N2O2S/c1-17(16)8-2-5-14-11(15)10-9-12(10)3-6-13-7-4-12/h10,13H,2-9H2,1H3,(H,14,15). The Labute approximate surface area is 105 Å². The molecular formula is C12H22N2O2S. The second-order valence-corrected chi connectivity index (χ2v) is 6.85. The Bertz CT molecular complexity index is 314. The Balaban J connectivity index is 1.66. The minimum atomic E-state index is -0.746. The number of rotatable bonds is 5. The molecule has 0 radical (unpaired) electrons. The Kier molecular flexibility index (Phi) is 4.20. The van der Waals surface area contributed by atoms with Gasteiger partial charge in [-0.1, -0.05) is 0 Å². The molecule has 0 bridgehead atoms. The van der Waals surface area contributed by atoms with Crippen molar-refractivity contribution in [2.75, 3.05) is 31.6 Å². The molecule has 0 aromatic rings. The predicted octanol–water partition coefficient (Wildman–Crippen LogP) is 0.261. The summed E-state index contributed by atoms with van der Waals surface area (Å²) in [4.78, 5) is 11.9. The van der Waals surface area contributed by atoms with Gasteiger partial charge in [-0.05, 0) is 44.2 Å². The van der Waals surface area contributed by atoms with Crippen LogP contribution in [0.1, 0.15) is 25.7 Å². The van der Waals surface area contributed by atoms with Gasteiger partial charge in [0.1, 0.15) is 0 Å². The SMILES string of the molecule is CS(=O)CCCNC(=O)C1CC12CCNCC2. The van der Waals surface area contributed by atoms with Gasteiger partial charge in [-0.3, -0.25) is 9.00 Å². The minimum Gasteiger partial charge on any atom is -0.356 e. The zero-order valence-electron chi connectivity index (χ0n) is 10.5. The molecule has 1 heterocycles. The van der Waals surface area contributed by atoms with Crippen LogP contribution < -0.4 is 10.6 Å². The van der Waals surface area contributed by atoms with E-state index in [-0.39, 0.29) is 11.8 Å². The first kappa shape index (κ1) is 13.0. The molecule has 17 heavy (non-hydrogen) atoms. The zero-order valence-corrected chi connectivity index (χ0v) is 11.3. The molecule has 1 aliphatic heterocycles. The number of piperidine rings is 1. The van der Waals surface area contributed by atoms with Crippen molar-refractivity contribution in [2.24, 2.45) is 11.3 Å². The van der Waals surface area contributed by atoms with E-state index >= 15 is 0 Å². The van der Waals surface area contributed by atoms with Crippen LogP contribution in [-0.4, -0.2) is 41.8 Å². The Morgan fingerprint density at radius 2 is 2.18 bits per heavy atom. The molecule has 1 saturated heterocycles. The summed E-state index contributed by atoms with van der Waals surface area (Å²) >= 11 is 0. The normalized spacial score (nSPS) is 27.7. The molecule has 2 aliphatic rings. The van der Waals surface area contributed by atoms with Crippen LogP contribution in [0.4, 0.5) is 0 Å². The van der Waals surface area contributed by atoms with E-state index in [9.17, 15) is 9.00 Å². The van der Waals surface area contributed by atoms with Crippen molar-refractivity contribution in [3.63, 3.8) is 0 Å². The summed E-state index contributed by atoms with van der Waals surface area (Å²) in [7, 11) is -0.746. The predicted molar refractivity (Wildman–Crippen MR) is 69.2 cm³/mol. The van der Waals surface area contributed by atoms with Gasteiger partial charge in [0.05, 0.1) is 0 Å². The molecule has 98 valence electrons. The van der Waals surface area contributed by atoms with E-state index in [4.69, 9.17) is 0 Å². The number of carbonyl (C=O) groups is 1. The fraction of sp³-hybridized carbons (Fsp3) is 0.917. The van der Waals surface area contributed by atoms with Crippen molar-refractivity contribution < 1.29 is 9.00 Å². The van der Waals surface area contributed by atoms with Gasteiger partial charge >= 0.3 is 0 Å². The molecule has 2 unspecified atom stereocenters. The van der Waals surface area contributed by atoms with E-state index in [1.165, 1.54) is 0 Å². The summed E-state index contributed by atoms with van der Waals surface area (Å²) in [6, 6.07) is 0. The van der Waals surface area contributed by atoms with Crippen molar-refractivity contribution in [1.82, 2.24) is 10.6 Å². The first-order valence-corrected chi connectivity index (χ1v) is 8.15. The third kappa shape index (κ3) is 3.28. The van der Waals surface area contributed by atoms with Crippen molar-refractivity contribution in [3.8, 4) is 0 Å². The van der Waals surface area contributed by atoms with Crippen LogP contribution >= 0.6 is 0 Å². The molecule has 4 nitrogen and oxygen atoms in total. The van der Waals surface area contributed by atoms with Crippen LogP contribution in [0.2, 0.25) is 0 Å². The molecule has 2 rings (SSSR count). The second kappa shape index (κ2) is 5.48. The van der Waals surface area contributed by atoms with Crippen LogP contribution in [0.15, 0.2) is 0 Å². The van der Waals surface area contributed by atoms with Crippen molar-refractivity contribution >= 4 is 16.7 Å². The van der Waals surface area contributed by atoms with Gasteiger partial charge in [0.2, 0.25) is 5.91 Å². The summed E-state index contributed by atoms with van der Waals surface area (Å²) in [6.07, 6.45) is 5.87. The van der Waals surface area contributed by atoms with Gasteiger partial charge in [0, 0.05) is 35.3 Å². The van der Waals surface area contributed by atoms with Gasteiger partial charge in [0.25, 0.3) is 0 Å². The largest absolute Gasteiger partial charge is 0.356 e. The summed E-state index contributed by atoms with van der Waals surface area (Å²) in [5, 5.41) is 6.32. The van der Waals surface area contributed by atoms with E-state index in [1.807, 2.05) is 0 Å². The highest BCUT2D eigenvalue weighted by Crippen LogP contribution is 2.58. The summed E-state index contributed by atoms with van der Waals surface area (Å²) in [5.41, 5.74) is 0.322. The highest BCUT2D eigenvalue weighted by Gasteiger charge is 2.57. The lowest BCUT2D eigenvalue weighted by molar-refractivity contribution is -0.123. The number of amides is 1. The monoisotopic (exact) mass is 258 g/mol. The fourth-order valence-corrected chi connectivity index (χ4v) is 3.36. The van der Waals surface area contributed by atoms with Gasteiger partial charge in [0.15, 0.2) is 0 Å². The first-order valence-electron chi connectivity index (χ1n) is 6.42. The maximum absolute atomic E-state index is 11.9. The van der Waals surface area contributed by atoms with E-state index in [2.05, 4.69) is 10.6 Å². The summed E-state index contributed by atoms with van der Waals surface area (Å²) in [5.74, 6) is 1.14. The Morgan fingerprint density at radius 1 is 1.47 bits per heavy atom. The van der Waals surface area contributed by atoms with Crippen molar-refractivity contribution in [2.45, 2.75) is 25.7 Å². The second-order valence-electron chi connectivity index (χ2n) is 5.29. The van der Waals surface area contributed by atoms with Gasteiger partial charge < -0.3 is 10.6 Å². The van der Waals surface area contributed by atoms with E-state index in [1.54, 1.807) is 6.26 Å². The Morgan fingerprint density at radius 3 is 2.82 bits per heavy atom. The molecule has 0 aromatic carbocycles. The zero-order chi connectivity index (χ0) is 12.3. The lowest BCUT2D eigenvalue weighted by atomic mass is 9.92. The fourth-order valence-electron chi connectivity index (χ4n) is 2.81. The van der Waals surface area contributed by atoms with Crippen LogP contribution in [0.5, 0.6) is 0 Å². The molecule has 1 spiro atoms. The number of hydrogen-bond acceptors (Lipinski definition) is 3. The van der Waals surface area contributed by atoms with Crippen LogP contribution in [0, 0.1) is 11.3 Å². The average Bonchev–Trinajstić information content (AvgIpc) is 2.99. The Hall–Kier alpha value is -0.420. The molecule has 5 heteroatoms. The van der Waals surface area contributed by atoms with Crippen molar-refractivity contribution in [1.29, 1.82) is 0 Å². The first-order chi connectivity index (χ1) is 8.14. The number of hydrogen-bond donors (Lipinski definition) is 2. The topological polar surface area (TPSA) is 58.2 Å². The lowest BCUT2D eigenvalue weighted by Gasteiger charge is -2.23. The number of carbonyl (C=O) groups excluding carboxylic acids is 1. The highest BCUT2D eigenvalue weighted by atomic mass is 32.2. The third-order valence-corrected chi connectivity index (χ3v) is 4.88. The minimum absolute atomic E-state index is 0.216. The van der Waals surface area contributed by atoms with Crippen LogP contribution in [0.25, 0.3) is 0 Å². The summed E-state index contributed by atoms with van der Waals surface area (Å²) < 4.78 is 10.9. The van der Waals surface area contributed by atoms with E-state index in [0.29, 0.717) is 17.7 Å². The third-order valence-electron chi connectivity index (χ3n) is 4.01. The van der Waals surface area contributed by atoms with E-state index < -0.39 is 10.8 Å². The summed E-state index contributed by atoms with van der Waals surface area (Å²) in [6.45, 7) is 2.78. The molecule has 2 N–H and O–H groups in total. The van der Waals surface area contributed by atoms with Gasteiger partial charge in [-0.2, -0.15) is 0 Å². The quantitative estimate of drug-likeness (QED) is 0.696. The highest BCUT2D eigenvalue weighted by molar-refractivity contribution is 7.84. The number of nitrogens with one attached hydrogen (secondary N) is 2. The van der Waals surface area contributed by atoms with E-state index in [0.717, 1.165) is 38.8 Å². The van der Waals surface area contributed by atoms with Gasteiger partial charge in [-0.25, -0.2) is 0 Å². The van der Waals surface area contributed by atoms with Crippen LogP contribution in [-0.2, 0) is 15.6 Å². The molecule has 1 saturated carbocycles. The molecule has 0 aromatic heterocycles. The average molecular weight is 258 g/mol. The maximum Gasteiger partial charge on any atom is 0.223 e. The molecule has 2 fully saturated rings. The molecule has 1 aliphatic carbocycles. The molecule has 1 amide bonds. The smallest absolute Gasteiger partial charge is 0.223 e. The lowest BCUT2D eigenvalue weighted by Crippen LogP contribution is -2.34.